The maximum Gasteiger partial charge on any atom is 0.241 e. The van der Waals surface area contributed by atoms with Gasteiger partial charge in [0.1, 0.15) is 9.79 Å². The number of primary sulfonamides is 1. The number of nitrogens with one attached hydrogen (secondary N) is 2. The lowest BCUT2D eigenvalue weighted by Gasteiger charge is -2.17. The first-order valence-electron chi connectivity index (χ1n) is 10.6. The molecule has 13 nitrogen and oxygen atoms in total. The Morgan fingerprint density at radius 1 is 1.17 bits per heavy atom. The number of fused-ring (bicyclic) bond motifs is 1. The van der Waals surface area contributed by atoms with E-state index < -0.39 is 29.8 Å². The summed E-state index contributed by atoms with van der Waals surface area (Å²) >= 11 is 1.27. The van der Waals surface area contributed by atoms with Gasteiger partial charge in [0.05, 0.1) is 28.9 Å². The summed E-state index contributed by atoms with van der Waals surface area (Å²) in [6.45, 7) is 1.89. The summed E-state index contributed by atoms with van der Waals surface area (Å²) in [5.74, 6) is 0.0121. The summed E-state index contributed by atoms with van der Waals surface area (Å²) in [4.78, 5) is 3.25. The highest BCUT2D eigenvalue weighted by molar-refractivity contribution is 7.92. The molecule has 0 aliphatic carbocycles. The molecule has 3 heterocycles. The summed E-state index contributed by atoms with van der Waals surface area (Å²) in [5, 5.41) is 21.7. The molecule has 5 rings (SSSR count). The Morgan fingerprint density at radius 3 is 2.69 bits per heavy atom. The third-order valence-corrected chi connectivity index (χ3v) is 9.27. The molecule has 1 fully saturated rings. The third-order valence-electron chi connectivity index (χ3n) is 5.83. The van der Waals surface area contributed by atoms with Crippen molar-refractivity contribution in [3.05, 3.63) is 30.3 Å². The molecule has 184 valence electrons. The van der Waals surface area contributed by atoms with Gasteiger partial charge in [-0.05, 0) is 22.9 Å². The van der Waals surface area contributed by atoms with Gasteiger partial charge in [0, 0.05) is 24.4 Å². The van der Waals surface area contributed by atoms with E-state index in [4.69, 9.17) is 10.9 Å². The van der Waals surface area contributed by atoms with Gasteiger partial charge in [-0.1, -0.05) is 29.5 Å². The lowest BCUT2D eigenvalue weighted by Crippen LogP contribution is -2.81. The molecule has 0 radical (unpaired) electrons. The monoisotopic (exact) mass is 536 g/mol. The highest BCUT2D eigenvalue weighted by Gasteiger charge is 2.33. The molecular weight excluding hydrogens is 514 g/mol. The Hall–Kier alpha value is -3.02. The lowest BCUT2D eigenvalue weighted by atomic mass is 9.98. The van der Waals surface area contributed by atoms with E-state index in [9.17, 15) is 16.8 Å². The molecule has 0 saturated carbocycles. The van der Waals surface area contributed by atoms with Gasteiger partial charge in [0.15, 0.2) is 5.13 Å². The number of nitrogens with zero attached hydrogens (tertiary/aromatic N) is 4. The summed E-state index contributed by atoms with van der Waals surface area (Å²) in [6, 6.07) is 8.01. The highest BCUT2D eigenvalue weighted by atomic mass is 32.2. The zero-order valence-corrected chi connectivity index (χ0v) is 20.6. The zero-order valence-electron chi connectivity index (χ0n) is 18.2. The predicted molar refractivity (Wildman–Crippen MR) is 129 cm³/mol. The summed E-state index contributed by atoms with van der Waals surface area (Å²) < 4.78 is 55.7. The van der Waals surface area contributed by atoms with Crippen molar-refractivity contribution in [3.63, 3.8) is 0 Å². The smallest absolute Gasteiger partial charge is 0.241 e. The number of thiazole rings is 1. The maximum atomic E-state index is 13.3. The van der Waals surface area contributed by atoms with Gasteiger partial charge >= 0.3 is 0 Å². The van der Waals surface area contributed by atoms with Gasteiger partial charge in [-0.15, -0.1) is 10.2 Å². The van der Waals surface area contributed by atoms with Crippen molar-refractivity contribution >= 4 is 46.7 Å². The summed E-state index contributed by atoms with van der Waals surface area (Å²) in [6.07, 6.45) is 0.860. The van der Waals surface area contributed by atoms with Crippen LogP contribution in [0.5, 0.6) is 0 Å². The summed E-state index contributed by atoms with van der Waals surface area (Å²) in [7, 11) is -8.83. The van der Waals surface area contributed by atoms with Crippen LogP contribution in [0.25, 0.3) is 32.7 Å². The number of sulfonamides is 2. The quantitative estimate of drug-likeness (QED) is 0.200. The van der Waals surface area contributed by atoms with E-state index in [1.165, 1.54) is 23.5 Å². The Morgan fingerprint density at radius 2 is 2.00 bits per heavy atom. The molecule has 1 atom stereocenters. The van der Waals surface area contributed by atoms with E-state index in [0.717, 1.165) is 24.2 Å². The fraction of sp³-hybridized carbons (Fsp3) is 0.263. The third kappa shape index (κ3) is 4.51. The van der Waals surface area contributed by atoms with Gasteiger partial charge in [-0.3, -0.25) is 0 Å². The molecule has 0 amide bonds. The Labute approximate surface area is 204 Å². The van der Waals surface area contributed by atoms with Crippen molar-refractivity contribution in [1.29, 1.82) is 0 Å². The Kier molecular flexibility index (Phi) is 6.02. The minimum absolute atomic E-state index is 0.0996. The molecular formula is C19H22N9O4S3+. The number of nitrogen functional groups attached to an aromatic ring is 1. The lowest BCUT2D eigenvalue weighted by molar-refractivity contribution is -0.638. The van der Waals surface area contributed by atoms with Crippen LogP contribution < -0.4 is 20.9 Å². The number of benzene rings is 2. The Balaban J connectivity index is 1.76. The Bertz CT molecular complexity index is 1610. The summed E-state index contributed by atoms with van der Waals surface area (Å²) in [5.41, 5.74) is 7.15. The van der Waals surface area contributed by atoms with Crippen LogP contribution in [0.2, 0.25) is 0 Å². The van der Waals surface area contributed by atoms with Crippen molar-refractivity contribution in [2.24, 2.45) is 11.1 Å². The normalized spacial score (nSPS) is 16.8. The van der Waals surface area contributed by atoms with E-state index in [1.807, 2.05) is 6.07 Å². The van der Waals surface area contributed by atoms with Crippen molar-refractivity contribution in [2.75, 3.05) is 25.4 Å². The van der Waals surface area contributed by atoms with Crippen LogP contribution in [0.3, 0.4) is 0 Å². The van der Waals surface area contributed by atoms with Crippen LogP contribution >= 0.6 is 11.3 Å². The number of tetrazole rings is 1. The second-order valence-electron chi connectivity index (χ2n) is 8.12. The molecule has 1 aliphatic rings. The number of anilines is 1. The van der Waals surface area contributed by atoms with Gasteiger partial charge < -0.3 is 11.1 Å². The van der Waals surface area contributed by atoms with E-state index in [0.29, 0.717) is 21.8 Å². The van der Waals surface area contributed by atoms with Crippen LogP contribution in [0.15, 0.2) is 40.1 Å². The zero-order chi connectivity index (χ0) is 24.8. The van der Waals surface area contributed by atoms with Crippen molar-refractivity contribution < 1.29 is 22.2 Å². The number of para-hydroxylation sites is 1. The molecule has 35 heavy (non-hydrogen) atoms. The molecule has 1 aliphatic heterocycles. The minimum Gasteiger partial charge on any atom is -0.375 e. The van der Waals surface area contributed by atoms with Crippen molar-refractivity contribution in [1.82, 2.24) is 30.3 Å². The number of hydrogen-bond acceptors (Lipinski definition) is 10. The first-order valence-corrected chi connectivity index (χ1v) is 14.4. The molecule has 2 aromatic carbocycles. The molecule has 1 unspecified atom stereocenters. The number of quaternary nitrogens is 1. The number of nitrogens with two attached hydrogens (primary N) is 3. The van der Waals surface area contributed by atoms with Crippen LogP contribution in [0.4, 0.5) is 5.13 Å². The van der Waals surface area contributed by atoms with Gasteiger partial charge in [-0.25, -0.2) is 31.7 Å². The number of H-pyrrole nitrogens is 1. The standard InChI is InChI=1S/C19H21N9O4S3/c20-19-24-16-12(2-1-3-13(16)33-19)11-4-5-14(35(31,32)23-9-10-6-7-22-8-10)17(34(21,29)30)15(11)18-25-27-28-26-18/h1-5,10,22-23H,6-9H2,(H2,20,24)(H2,21,29,30)(H,25,26,27,28)/p+1. The minimum atomic E-state index is -4.58. The van der Waals surface area contributed by atoms with Crippen molar-refractivity contribution in [2.45, 2.75) is 16.2 Å². The fourth-order valence-corrected chi connectivity index (χ4v) is 7.75. The first-order chi connectivity index (χ1) is 16.6. The van der Waals surface area contributed by atoms with Crippen LogP contribution in [-0.2, 0) is 20.0 Å². The van der Waals surface area contributed by atoms with Crippen molar-refractivity contribution in [3.8, 4) is 22.5 Å². The van der Waals surface area contributed by atoms with Crippen LogP contribution in [0, 0.1) is 5.92 Å². The van der Waals surface area contributed by atoms with E-state index >= 15 is 0 Å². The van der Waals surface area contributed by atoms with Gasteiger partial charge in [0.2, 0.25) is 25.9 Å². The average Bonchev–Trinajstić information content (AvgIpc) is 3.57. The van der Waals surface area contributed by atoms with Crippen LogP contribution in [0.1, 0.15) is 6.42 Å². The number of aromatic nitrogens is 5. The second kappa shape index (κ2) is 8.89. The number of aromatic amines is 1. The topological polar surface area (TPSA) is 216 Å². The SMILES string of the molecule is Nc1nc2c(-c3ccc(S(=O)(=O)NCC4CC[NH2+]C4)c(S(N)(=O)=O)c3-c3nn[nH]n3)cccc2s1. The first kappa shape index (κ1) is 23.7. The van der Waals surface area contributed by atoms with E-state index in [-0.39, 0.29) is 23.9 Å². The maximum absolute atomic E-state index is 13.3. The van der Waals surface area contributed by atoms with E-state index in [2.05, 4.69) is 35.6 Å². The van der Waals surface area contributed by atoms with E-state index in [1.54, 1.807) is 12.1 Å². The van der Waals surface area contributed by atoms with Gasteiger partial charge in [0.25, 0.3) is 0 Å². The number of rotatable bonds is 7. The molecule has 2 aromatic heterocycles. The second-order valence-corrected chi connectivity index (χ2v) is 12.4. The van der Waals surface area contributed by atoms with Crippen LogP contribution in [-0.4, -0.2) is 62.1 Å². The molecule has 0 spiro atoms. The molecule has 16 heteroatoms. The average molecular weight is 537 g/mol. The molecule has 1 saturated heterocycles. The molecule has 0 bridgehead atoms. The van der Waals surface area contributed by atoms with Gasteiger partial charge in [-0.2, -0.15) is 5.21 Å². The molecule has 8 N–H and O–H groups in total. The number of hydrogen-bond donors (Lipinski definition) is 5. The predicted octanol–water partition coefficient (Wildman–Crippen LogP) is -0.765. The fourth-order valence-electron chi connectivity index (χ4n) is 4.27. The molecule has 4 aromatic rings. The highest BCUT2D eigenvalue weighted by Crippen LogP contribution is 2.41. The largest absolute Gasteiger partial charge is 0.375 e.